The maximum atomic E-state index is 11.5. The monoisotopic (exact) mass is 217 g/mol. The lowest BCUT2D eigenvalue weighted by molar-refractivity contribution is -0.136. The van der Waals surface area contributed by atoms with E-state index in [0.29, 0.717) is 0 Å². The SMILES string of the molecule is Cn1ccc(S(=O)(=O)CCC(=O)O)c1. The second-order valence-corrected chi connectivity index (χ2v) is 5.08. The van der Waals surface area contributed by atoms with Gasteiger partial charge in [-0.1, -0.05) is 0 Å². The molecule has 0 unspecified atom stereocenters. The van der Waals surface area contributed by atoms with Crippen molar-refractivity contribution in [2.45, 2.75) is 11.3 Å². The summed E-state index contributed by atoms with van der Waals surface area (Å²) in [6.45, 7) is 0. The number of aliphatic carboxylic acids is 1. The number of sulfone groups is 1. The largest absolute Gasteiger partial charge is 0.481 e. The molecule has 78 valence electrons. The molecule has 0 amide bonds. The normalized spacial score (nSPS) is 11.5. The van der Waals surface area contributed by atoms with E-state index in [1.807, 2.05) is 0 Å². The van der Waals surface area contributed by atoms with Gasteiger partial charge in [0.2, 0.25) is 0 Å². The fourth-order valence-electron chi connectivity index (χ4n) is 1.00. The molecule has 1 aromatic heterocycles. The molecule has 0 fully saturated rings. The Morgan fingerprint density at radius 2 is 2.21 bits per heavy atom. The summed E-state index contributed by atoms with van der Waals surface area (Å²) in [6, 6.07) is 1.46. The standard InChI is InChI=1S/C8H11NO4S/c1-9-4-2-7(6-9)14(12,13)5-3-8(10)11/h2,4,6H,3,5H2,1H3,(H,10,11). The second-order valence-electron chi connectivity index (χ2n) is 2.98. The Hall–Kier alpha value is -1.30. The molecule has 1 aromatic rings. The van der Waals surface area contributed by atoms with Crippen molar-refractivity contribution in [3.8, 4) is 0 Å². The number of carbonyl (C=O) groups is 1. The van der Waals surface area contributed by atoms with Crippen molar-refractivity contribution in [1.29, 1.82) is 0 Å². The van der Waals surface area contributed by atoms with Crippen LogP contribution >= 0.6 is 0 Å². The van der Waals surface area contributed by atoms with Gasteiger partial charge in [0.1, 0.15) is 0 Å². The molecule has 0 aromatic carbocycles. The Morgan fingerprint density at radius 1 is 1.57 bits per heavy atom. The number of hydrogen-bond acceptors (Lipinski definition) is 3. The number of hydrogen-bond donors (Lipinski definition) is 1. The Kier molecular flexibility index (Phi) is 2.95. The average molecular weight is 217 g/mol. The summed E-state index contributed by atoms with van der Waals surface area (Å²) >= 11 is 0. The van der Waals surface area contributed by atoms with Crippen LogP contribution in [0.5, 0.6) is 0 Å². The van der Waals surface area contributed by atoms with Gasteiger partial charge in [-0.25, -0.2) is 8.42 Å². The van der Waals surface area contributed by atoms with E-state index in [0.717, 1.165) is 0 Å². The molecule has 0 aliphatic carbocycles. The second kappa shape index (κ2) is 3.83. The van der Waals surface area contributed by atoms with Crippen LogP contribution in [0.2, 0.25) is 0 Å². The number of carboxylic acids is 1. The summed E-state index contributed by atoms with van der Waals surface area (Å²) in [5.41, 5.74) is 0. The van der Waals surface area contributed by atoms with Gasteiger partial charge in [-0.15, -0.1) is 0 Å². The summed E-state index contributed by atoms with van der Waals surface area (Å²) < 4.78 is 24.6. The highest BCUT2D eigenvalue weighted by molar-refractivity contribution is 7.91. The molecule has 1 rings (SSSR count). The van der Waals surface area contributed by atoms with Crippen molar-refractivity contribution >= 4 is 15.8 Å². The number of carboxylic acid groups (broad SMARTS) is 1. The highest BCUT2D eigenvalue weighted by atomic mass is 32.2. The molecule has 0 saturated heterocycles. The lowest BCUT2D eigenvalue weighted by Crippen LogP contribution is -2.10. The van der Waals surface area contributed by atoms with Crippen LogP contribution in [0.15, 0.2) is 23.4 Å². The Bertz CT molecular complexity index is 432. The van der Waals surface area contributed by atoms with Gasteiger partial charge < -0.3 is 9.67 Å². The van der Waals surface area contributed by atoms with E-state index in [9.17, 15) is 13.2 Å². The number of aryl methyl sites for hydroxylation is 1. The average Bonchev–Trinajstić information content (AvgIpc) is 2.49. The van der Waals surface area contributed by atoms with Crippen LogP contribution in [0, 0.1) is 0 Å². The summed E-state index contributed by atoms with van der Waals surface area (Å²) in [5.74, 6) is -1.46. The molecule has 1 N–H and O–H groups in total. The van der Waals surface area contributed by atoms with Crippen molar-refractivity contribution in [3.63, 3.8) is 0 Å². The Balaban J connectivity index is 2.81. The predicted molar refractivity (Wildman–Crippen MR) is 49.7 cm³/mol. The summed E-state index contributed by atoms with van der Waals surface area (Å²) in [7, 11) is -1.73. The molecule has 0 aliphatic rings. The van der Waals surface area contributed by atoms with Crippen molar-refractivity contribution in [3.05, 3.63) is 18.5 Å². The van der Waals surface area contributed by atoms with Crippen LogP contribution < -0.4 is 0 Å². The lowest BCUT2D eigenvalue weighted by Gasteiger charge is -1.98. The molecular formula is C8H11NO4S. The van der Waals surface area contributed by atoms with E-state index >= 15 is 0 Å². The van der Waals surface area contributed by atoms with Crippen molar-refractivity contribution in [2.75, 3.05) is 5.75 Å². The first kappa shape index (κ1) is 10.8. The van der Waals surface area contributed by atoms with Crippen LogP contribution in [0.25, 0.3) is 0 Å². The third kappa shape index (κ3) is 2.59. The fraction of sp³-hybridized carbons (Fsp3) is 0.375. The van der Waals surface area contributed by atoms with Crippen molar-refractivity contribution < 1.29 is 18.3 Å². The van der Waals surface area contributed by atoms with Gasteiger partial charge in [-0.05, 0) is 6.07 Å². The van der Waals surface area contributed by atoms with Crippen LogP contribution in [-0.4, -0.2) is 29.8 Å². The third-order valence-corrected chi connectivity index (χ3v) is 3.45. The smallest absolute Gasteiger partial charge is 0.304 e. The van der Waals surface area contributed by atoms with E-state index in [4.69, 9.17) is 5.11 Å². The first-order valence-corrected chi connectivity index (χ1v) is 5.63. The quantitative estimate of drug-likeness (QED) is 0.785. The van der Waals surface area contributed by atoms with Gasteiger partial charge in [0, 0.05) is 19.4 Å². The first-order chi connectivity index (χ1) is 6.42. The molecular weight excluding hydrogens is 206 g/mol. The minimum atomic E-state index is -3.44. The molecule has 0 bridgehead atoms. The van der Waals surface area contributed by atoms with E-state index < -0.39 is 15.8 Å². The zero-order valence-electron chi connectivity index (χ0n) is 7.67. The molecule has 0 radical (unpaired) electrons. The van der Waals surface area contributed by atoms with Crippen LogP contribution in [0.3, 0.4) is 0 Å². The van der Waals surface area contributed by atoms with E-state index in [1.54, 1.807) is 17.8 Å². The summed E-state index contributed by atoms with van der Waals surface area (Å²) in [5, 5.41) is 8.36. The maximum Gasteiger partial charge on any atom is 0.304 e. The summed E-state index contributed by atoms with van der Waals surface area (Å²) in [6.07, 6.45) is 2.70. The van der Waals surface area contributed by atoms with Crippen molar-refractivity contribution in [1.82, 2.24) is 4.57 Å². The molecule has 0 saturated carbocycles. The third-order valence-electron chi connectivity index (χ3n) is 1.75. The highest BCUT2D eigenvalue weighted by Crippen LogP contribution is 2.11. The molecule has 0 spiro atoms. The molecule has 0 aliphatic heterocycles. The predicted octanol–water partition coefficient (Wildman–Crippen LogP) is 0.274. The molecule has 1 heterocycles. The fourth-order valence-corrected chi connectivity index (χ4v) is 2.28. The van der Waals surface area contributed by atoms with Gasteiger partial charge in [-0.2, -0.15) is 0 Å². The van der Waals surface area contributed by atoms with Crippen molar-refractivity contribution in [2.24, 2.45) is 7.05 Å². The maximum absolute atomic E-state index is 11.5. The van der Waals surface area contributed by atoms with Gasteiger partial charge in [-0.3, -0.25) is 4.79 Å². The topological polar surface area (TPSA) is 76.4 Å². The lowest BCUT2D eigenvalue weighted by atomic mass is 10.5. The van der Waals surface area contributed by atoms with E-state index in [1.165, 1.54) is 12.3 Å². The van der Waals surface area contributed by atoms with Crippen LogP contribution in [0.4, 0.5) is 0 Å². The minimum absolute atomic E-state index is 0.168. The summed E-state index contributed by atoms with van der Waals surface area (Å²) in [4.78, 5) is 10.4. The minimum Gasteiger partial charge on any atom is -0.481 e. The van der Waals surface area contributed by atoms with Crippen LogP contribution in [0.1, 0.15) is 6.42 Å². The van der Waals surface area contributed by atoms with Gasteiger partial charge in [0.05, 0.1) is 17.1 Å². The molecule has 5 nitrogen and oxygen atoms in total. The zero-order valence-corrected chi connectivity index (χ0v) is 8.49. The Morgan fingerprint density at radius 3 is 2.64 bits per heavy atom. The number of aromatic nitrogens is 1. The molecule has 0 atom stereocenters. The molecule has 14 heavy (non-hydrogen) atoms. The van der Waals surface area contributed by atoms with Gasteiger partial charge in [0.15, 0.2) is 9.84 Å². The van der Waals surface area contributed by atoms with Crippen LogP contribution in [-0.2, 0) is 21.7 Å². The Labute approximate surface area is 81.9 Å². The molecule has 6 heteroatoms. The van der Waals surface area contributed by atoms with E-state index in [-0.39, 0.29) is 17.1 Å². The number of nitrogens with zero attached hydrogens (tertiary/aromatic N) is 1. The van der Waals surface area contributed by atoms with E-state index in [2.05, 4.69) is 0 Å². The first-order valence-electron chi connectivity index (χ1n) is 3.98. The van der Waals surface area contributed by atoms with Gasteiger partial charge >= 0.3 is 5.97 Å². The highest BCUT2D eigenvalue weighted by Gasteiger charge is 2.16. The van der Waals surface area contributed by atoms with Gasteiger partial charge in [0.25, 0.3) is 0 Å². The zero-order chi connectivity index (χ0) is 10.8. The number of rotatable bonds is 4.